The van der Waals surface area contributed by atoms with Crippen molar-refractivity contribution in [3.8, 4) is 0 Å². The maximum atomic E-state index is 13.9. The third-order valence-corrected chi connectivity index (χ3v) is 2.82. The van der Waals surface area contributed by atoms with Crippen molar-refractivity contribution in [3.05, 3.63) is 58.3 Å². The predicted molar refractivity (Wildman–Crippen MR) is 68.5 cm³/mol. The Bertz CT molecular complexity index is 569. The molecule has 0 aliphatic carbocycles. The Morgan fingerprint density at radius 3 is 2.74 bits per heavy atom. The minimum absolute atomic E-state index is 0.249. The van der Waals surface area contributed by atoms with Crippen molar-refractivity contribution in [2.24, 2.45) is 0 Å². The quantitative estimate of drug-likeness (QED) is 0.613. The van der Waals surface area contributed by atoms with E-state index in [2.05, 4.69) is 0 Å². The smallest absolute Gasteiger partial charge is 0.272 e. The van der Waals surface area contributed by atoms with E-state index in [1.54, 1.807) is 23.5 Å². The van der Waals surface area contributed by atoms with E-state index >= 15 is 0 Å². The van der Waals surface area contributed by atoms with Gasteiger partial charge in [-0.25, -0.2) is 4.39 Å². The second-order valence-electron chi connectivity index (χ2n) is 4.04. The van der Waals surface area contributed by atoms with Gasteiger partial charge in [-0.3, -0.25) is 10.1 Å². The van der Waals surface area contributed by atoms with Gasteiger partial charge >= 0.3 is 0 Å². The molecule has 0 aliphatic heterocycles. The van der Waals surface area contributed by atoms with Gasteiger partial charge in [0, 0.05) is 24.7 Å². The fourth-order valence-corrected chi connectivity index (χ4v) is 1.84. The third kappa shape index (κ3) is 2.90. The lowest BCUT2D eigenvalue weighted by Gasteiger charge is -2.22. The zero-order chi connectivity index (χ0) is 13.8. The van der Waals surface area contributed by atoms with Crippen LogP contribution in [0.2, 0.25) is 0 Å². The summed E-state index contributed by atoms with van der Waals surface area (Å²) < 4.78 is 18.9. The van der Waals surface area contributed by atoms with Crippen molar-refractivity contribution in [1.82, 2.24) is 0 Å². The number of hydrogen-bond acceptors (Lipinski definition) is 4. The number of anilines is 1. The zero-order valence-corrected chi connectivity index (χ0v) is 10.4. The first-order valence-electron chi connectivity index (χ1n) is 5.81. The van der Waals surface area contributed by atoms with Crippen molar-refractivity contribution >= 4 is 11.4 Å². The molecule has 0 atom stereocenters. The fraction of sp³-hybridized carbons (Fsp3) is 0.231. The summed E-state index contributed by atoms with van der Waals surface area (Å²) >= 11 is 0. The summed E-state index contributed by atoms with van der Waals surface area (Å²) in [6.07, 6.45) is 3.14. The second-order valence-corrected chi connectivity index (χ2v) is 4.04. The van der Waals surface area contributed by atoms with E-state index in [1.165, 1.54) is 12.1 Å². The van der Waals surface area contributed by atoms with Crippen LogP contribution in [0.15, 0.2) is 41.2 Å². The van der Waals surface area contributed by atoms with Crippen LogP contribution in [-0.4, -0.2) is 11.5 Å². The molecule has 2 rings (SSSR count). The van der Waals surface area contributed by atoms with E-state index in [0.29, 0.717) is 18.8 Å². The molecular formula is C13H13FN2O3. The van der Waals surface area contributed by atoms with Crippen molar-refractivity contribution < 1.29 is 13.7 Å². The van der Waals surface area contributed by atoms with Gasteiger partial charge in [0.25, 0.3) is 5.69 Å². The van der Waals surface area contributed by atoms with Crippen LogP contribution in [-0.2, 0) is 6.54 Å². The standard InChI is InChI=1S/C13H13FN2O3/c1-2-15(8-10-5-6-19-9-10)13-4-3-11(16(17)18)7-12(13)14/h3-7,9H,2,8H2,1H3. The van der Waals surface area contributed by atoms with Crippen LogP contribution in [0.25, 0.3) is 0 Å². The molecule has 100 valence electrons. The molecule has 1 heterocycles. The molecule has 0 amide bonds. The van der Waals surface area contributed by atoms with Crippen LogP contribution in [0.5, 0.6) is 0 Å². The lowest BCUT2D eigenvalue weighted by molar-refractivity contribution is -0.385. The molecule has 0 aliphatic rings. The molecule has 0 spiro atoms. The number of rotatable bonds is 5. The monoisotopic (exact) mass is 264 g/mol. The Labute approximate surface area is 109 Å². The zero-order valence-electron chi connectivity index (χ0n) is 10.4. The number of nitro groups is 1. The number of non-ortho nitro benzene ring substituents is 1. The van der Waals surface area contributed by atoms with E-state index < -0.39 is 10.7 Å². The van der Waals surface area contributed by atoms with Gasteiger partial charge in [0.1, 0.15) is 0 Å². The average molecular weight is 264 g/mol. The van der Waals surface area contributed by atoms with Gasteiger partial charge in [-0.15, -0.1) is 0 Å². The topological polar surface area (TPSA) is 59.5 Å². The molecule has 2 aromatic rings. The van der Waals surface area contributed by atoms with Gasteiger partial charge in [-0.2, -0.15) is 0 Å². The van der Waals surface area contributed by atoms with Crippen LogP contribution in [0, 0.1) is 15.9 Å². The first-order valence-corrected chi connectivity index (χ1v) is 5.81. The minimum atomic E-state index is -0.612. The van der Waals surface area contributed by atoms with Crippen LogP contribution < -0.4 is 4.90 Å². The summed E-state index contributed by atoms with van der Waals surface area (Å²) in [6, 6.07) is 5.47. The number of halogens is 1. The highest BCUT2D eigenvalue weighted by Gasteiger charge is 2.15. The molecule has 1 aromatic heterocycles. The maximum absolute atomic E-state index is 13.9. The van der Waals surface area contributed by atoms with Crippen LogP contribution >= 0.6 is 0 Å². The summed E-state index contributed by atoms with van der Waals surface area (Å²) in [7, 11) is 0. The molecule has 0 bridgehead atoms. The molecule has 0 radical (unpaired) electrons. The van der Waals surface area contributed by atoms with Gasteiger partial charge in [0.05, 0.1) is 29.2 Å². The molecule has 0 fully saturated rings. The maximum Gasteiger partial charge on any atom is 0.272 e. The molecular weight excluding hydrogens is 251 g/mol. The normalized spacial score (nSPS) is 10.4. The molecule has 0 unspecified atom stereocenters. The summed E-state index contributed by atoms with van der Waals surface area (Å²) in [6.45, 7) is 2.96. The van der Waals surface area contributed by atoms with Crippen LogP contribution in [0.4, 0.5) is 15.8 Å². The second kappa shape index (κ2) is 5.51. The minimum Gasteiger partial charge on any atom is -0.472 e. The molecule has 5 nitrogen and oxygen atoms in total. The van der Waals surface area contributed by atoms with E-state index in [-0.39, 0.29) is 5.69 Å². The first kappa shape index (κ1) is 13.1. The predicted octanol–water partition coefficient (Wildman–Crippen LogP) is 3.35. The van der Waals surface area contributed by atoms with Crippen LogP contribution in [0.3, 0.4) is 0 Å². The molecule has 0 N–H and O–H groups in total. The number of hydrogen-bond donors (Lipinski definition) is 0. The molecule has 6 heteroatoms. The Kier molecular flexibility index (Phi) is 3.79. The number of nitro benzene ring substituents is 1. The van der Waals surface area contributed by atoms with E-state index in [1.807, 2.05) is 6.92 Å². The lowest BCUT2D eigenvalue weighted by Crippen LogP contribution is -2.22. The highest BCUT2D eigenvalue weighted by atomic mass is 19.1. The highest BCUT2D eigenvalue weighted by molar-refractivity contribution is 5.52. The molecule has 19 heavy (non-hydrogen) atoms. The van der Waals surface area contributed by atoms with Gasteiger partial charge in [-0.1, -0.05) is 0 Å². The third-order valence-electron chi connectivity index (χ3n) is 2.82. The summed E-state index contributed by atoms with van der Waals surface area (Å²) in [5, 5.41) is 10.6. The summed E-state index contributed by atoms with van der Waals surface area (Å²) in [5.74, 6) is -0.598. The Hall–Kier alpha value is -2.37. The average Bonchev–Trinajstić information content (AvgIpc) is 2.89. The van der Waals surface area contributed by atoms with Crippen molar-refractivity contribution in [2.75, 3.05) is 11.4 Å². The lowest BCUT2D eigenvalue weighted by atomic mass is 10.2. The SMILES string of the molecule is CCN(Cc1ccoc1)c1ccc([N+](=O)[O-])cc1F. The van der Waals surface area contributed by atoms with E-state index in [0.717, 1.165) is 11.6 Å². The van der Waals surface area contributed by atoms with E-state index in [4.69, 9.17) is 4.42 Å². The van der Waals surface area contributed by atoms with E-state index in [9.17, 15) is 14.5 Å². The number of furan rings is 1. The van der Waals surface area contributed by atoms with Crippen LogP contribution in [0.1, 0.15) is 12.5 Å². The van der Waals surface area contributed by atoms with Crippen molar-refractivity contribution in [1.29, 1.82) is 0 Å². The van der Waals surface area contributed by atoms with Crippen molar-refractivity contribution in [3.63, 3.8) is 0 Å². The number of nitrogens with zero attached hydrogens (tertiary/aromatic N) is 2. The first-order chi connectivity index (χ1) is 9.11. The highest BCUT2D eigenvalue weighted by Crippen LogP contribution is 2.25. The largest absolute Gasteiger partial charge is 0.472 e. The van der Waals surface area contributed by atoms with Gasteiger partial charge < -0.3 is 9.32 Å². The summed E-state index contributed by atoms with van der Waals surface area (Å²) in [4.78, 5) is 11.7. The van der Waals surface area contributed by atoms with Gasteiger partial charge in [0.2, 0.25) is 0 Å². The summed E-state index contributed by atoms with van der Waals surface area (Å²) in [5.41, 5.74) is 1.01. The van der Waals surface area contributed by atoms with Crippen molar-refractivity contribution in [2.45, 2.75) is 13.5 Å². The Morgan fingerprint density at radius 2 is 2.21 bits per heavy atom. The molecule has 0 saturated carbocycles. The fourth-order valence-electron chi connectivity index (χ4n) is 1.84. The van der Waals surface area contributed by atoms with Gasteiger partial charge in [0.15, 0.2) is 5.82 Å². The van der Waals surface area contributed by atoms with Gasteiger partial charge in [-0.05, 0) is 19.1 Å². The Morgan fingerprint density at radius 1 is 1.42 bits per heavy atom. The molecule has 0 saturated heterocycles. The number of benzene rings is 1. The molecule has 1 aromatic carbocycles. The Balaban J connectivity index is 2.25.